The molecule has 3 heterocycles. The molecule has 1 aliphatic rings. The number of carbonyl (C=O) groups excluding carboxylic acids is 1. The van der Waals surface area contributed by atoms with Crippen molar-refractivity contribution in [2.75, 3.05) is 6.54 Å². The molecule has 1 N–H and O–H groups in total. The van der Waals surface area contributed by atoms with E-state index in [1.54, 1.807) is 19.1 Å². The Hall–Kier alpha value is -3.28. The molecule has 6 heteroatoms. The maximum absolute atomic E-state index is 13.2. The Labute approximate surface area is 155 Å². The quantitative estimate of drug-likeness (QED) is 0.596. The standard InChI is InChI=1S/C21H19N3O3/c1-13(24-18-8-4-5-9-19(18)27-21(24)26)20(25)23-11-10-17-15(12-23)14-6-2-3-7-16(14)22-17/h2-9,13,22H,10-12H2,1H3/t13-/m1/s1. The number of hydrogen-bond donors (Lipinski definition) is 1. The first-order valence-electron chi connectivity index (χ1n) is 9.11. The third kappa shape index (κ3) is 2.40. The molecule has 0 saturated heterocycles. The van der Waals surface area contributed by atoms with Crippen LogP contribution in [0.5, 0.6) is 0 Å². The summed E-state index contributed by atoms with van der Waals surface area (Å²) in [6.07, 6.45) is 0.781. The van der Waals surface area contributed by atoms with Gasteiger partial charge in [-0.3, -0.25) is 9.36 Å². The van der Waals surface area contributed by atoms with E-state index in [4.69, 9.17) is 4.42 Å². The number of nitrogens with one attached hydrogen (secondary N) is 1. The summed E-state index contributed by atoms with van der Waals surface area (Å²) in [7, 11) is 0. The van der Waals surface area contributed by atoms with Crippen LogP contribution in [0.1, 0.15) is 24.2 Å². The molecule has 5 rings (SSSR count). The fourth-order valence-electron chi connectivity index (χ4n) is 4.08. The van der Waals surface area contributed by atoms with E-state index in [0.29, 0.717) is 24.2 Å². The predicted octanol–water partition coefficient (Wildman–Crippen LogP) is 3.22. The number of oxazole rings is 1. The summed E-state index contributed by atoms with van der Waals surface area (Å²) in [6.45, 7) is 2.94. The number of carbonyl (C=O) groups is 1. The lowest BCUT2D eigenvalue weighted by atomic mass is 10.0. The van der Waals surface area contributed by atoms with Crippen LogP contribution in [0.3, 0.4) is 0 Å². The second kappa shape index (κ2) is 5.87. The van der Waals surface area contributed by atoms with E-state index in [2.05, 4.69) is 17.1 Å². The molecule has 1 amide bonds. The second-order valence-electron chi connectivity index (χ2n) is 7.02. The summed E-state index contributed by atoms with van der Waals surface area (Å²) in [5.41, 5.74) is 4.61. The van der Waals surface area contributed by atoms with Gasteiger partial charge in [0, 0.05) is 41.7 Å². The lowest BCUT2D eigenvalue weighted by molar-refractivity contribution is -0.135. The fourth-order valence-corrected chi connectivity index (χ4v) is 4.08. The zero-order valence-electron chi connectivity index (χ0n) is 14.9. The molecule has 0 radical (unpaired) electrons. The maximum atomic E-state index is 13.2. The van der Waals surface area contributed by atoms with E-state index in [0.717, 1.165) is 17.3 Å². The van der Waals surface area contributed by atoms with Crippen LogP contribution in [0.2, 0.25) is 0 Å². The van der Waals surface area contributed by atoms with Crippen LogP contribution in [-0.4, -0.2) is 26.9 Å². The summed E-state index contributed by atoms with van der Waals surface area (Å²) in [5, 5.41) is 1.16. The number of rotatable bonds is 2. The van der Waals surface area contributed by atoms with Crippen LogP contribution in [-0.2, 0) is 17.8 Å². The number of nitrogens with zero attached hydrogens (tertiary/aromatic N) is 2. The van der Waals surface area contributed by atoms with Gasteiger partial charge in [-0.25, -0.2) is 4.79 Å². The molecule has 136 valence electrons. The zero-order valence-corrected chi connectivity index (χ0v) is 14.9. The average Bonchev–Trinajstić information content (AvgIpc) is 3.23. The molecule has 0 spiro atoms. The van der Waals surface area contributed by atoms with Crippen molar-refractivity contribution in [2.45, 2.75) is 25.9 Å². The summed E-state index contributed by atoms with van der Waals surface area (Å²) in [5.74, 6) is -0.568. The van der Waals surface area contributed by atoms with Crippen LogP contribution in [0.25, 0.3) is 22.0 Å². The fraction of sp³-hybridized carbons (Fsp3) is 0.238. The Balaban J connectivity index is 1.49. The molecule has 0 bridgehead atoms. The minimum atomic E-state index is -0.618. The van der Waals surface area contributed by atoms with E-state index >= 15 is 0 Å². The third-order valence-corrected chi connectivity index (χ3v) is 5.46. The molecule has 27 heavy (non-hydrogen) atoms. The van der Waals surface area contributed by atoms with Gasteiger partial charge in [0.1, 0.15) is 6.04 Å². The smallest absolute Gasteiger partial charge is 0.408 e. The van der Waals surface area contributed by atoms with Crippen LogP contribution < -0.4 is 5.76 Å². The van der Waals surface area contributed by atoms with Gasteiger partial charge < -0.3 is 14.3 Å². The highest BCUT2D eigenvalue weighted by molar-refractivity contribution is 5.87. The van der Waals surface area contributed by atoms with E-state index in [1.165, 1.54) is 15.8 Å². The van der Waals surface area contributed by atoms with Gasteiger partial charge in [0.2, 0.25) is 5.91 Å². The van der Waals surface area contributed by atoms with Gasteiger partial charge in [-0.15, -0.1) is 0 Å². The SMILES string of the molecule is C[C@H](C(=O)N1CCc2[nH]c3ccccc3c2C1)n1c(=O)oc2ccccc21. The normalized spacial score (nSPS) is 15.2. The molecule has 0 fully saturated rings. The molecular weight excluding hydrogens is 342 g/mol. The number of aromatic amines is 1. The van der Waals surface area contributed by atoms with Gasteiger partial charge in [-0.1, -0.05) is 30.3 Å². The minimum absolute atomic E-state index is 0.0698. The van der Waals surface area contributed by atoms with Crippen molar-refractivity contribution in [2.24, 2.45) is 0 Å². The van der Waals surface area contributed by atoms with E-state index in [1.807, 2.05) is 29.2 Å². The van der Waals surface area contributed by atoms with Crippen molar-refractivity contribution in [3.05, 3.63) is 70.3 Å². The first-order valence-corrected chi connectivity index (χ1v) is 9.11. The Kier molecular flexibility index (Phi) is 3.47. The number of hydrogen-bond acceptors (Lipinski definition) is 3. The van der Waals surface area contributed by atoms with Gasteiger partial charge in [0.15, 0.2) is 5.58 Å². The summed E-state index contributed by atoms with van der Waals surface area (Å²) in [4.78, 5) is 30.8. The van der Waals surface area contributed by atoms with E-state index < -0.39 is 11.8 Å². The summed E-state index contributed by atoms with van der Waals surface area (Å²) >= 11 is 0. The number of benzene rings is 2. The van der Waals surface area contributed by atoms with E-state index in [9.17, 15) is 9.59 Å². The highest BCUT2D eigenvalue weighted by Crippen LogP contribution is 2.29. The van der Waals surface area contributed by atoms with Crippen LogP contribution in [0, 0.1) is 0 Å². The number of amides is 1. The van der Waals surface area contributed by atoms with E-state index in [-0.39, 0.29) is 5.91 Å². The molecule has 1 aliphatic heterocycles. The largest absolute Gasteiger partial charge is 0.420 e. The van der Waals surface area contributed by atoms with Gasteiger partial charge in [0.05, 0.1) is 5.52 Å². The average molecular weight is 361 g/mol. The highest BCUT2D eigenvalue weighted by Gasteiger charge is 2.29. The molecule has 0 saturated carbocycles. The van der Waals surface area contributed by atoms with Crippen molar-refractivity contribution in [1.82, 2.24) is 14.5 Å². The van der Waals surface area contributed by atoms with Crippen LogP contribution >= 0.6 is 0 Å². The molecule has 1 atom stereocenters. The number of H-pyrrole nitrogens is 1. The molecule has 2 aromatic carbocycles. The van der Waals surface area contributed by atoms with Gasteiger partial charge >= 0.3 is 5.76 Å². The van der Waals surface area contributed by atoms with Crippen molar-refractivity contribution >= 4 is 27.9 Å². The Morgan fingerprint density at radius 3 is 2.81 bits per heavy atom. The number of aromatic nitrogens is 2. The van der Waals surface area contributed by atoms with Crippen molar-refractivity contribution < 1.29 is 9.21 Å². The molecule has 0 aliphatic carbocycles. The topological polar surface area (TPSA) is 71.2 Å². The molecule has 6 nitrogen and oxygen atoms in total. The molecule has 0 unspecified atom stereocenters. The molecule has 4 aromatic rings. The van der Waals surface area contributed by atoms with Crippen LogP contribution in [0.4, 0.5) is 0 Å². The van der Waals surface area contributed by atoms with Crippen molar-refractivity contribution in [3.8, 4) is 0 Å². The molecular formula is C21H19N3O3. The predicted molar refractivity (Wildman–Crippen MR) is 103 cm³/mol. The first-order chi connectivity index (χ1) is 13.1. The lowest BCUT2D eigenvalue weighted by Gasteiger charge is -2.29. The maximum Gasteiger partial charge on any atom is 0.420 e. The number of para-hydroxylation sites is 3. The van der Waals surface area contributed by atoms with Crippen molar-refractivity contribution in [1.29, 1.82) is 0 Å². The Morgan fingerprint density at radius 2 is 1.93 bits per heavy atom. The van der Waals surface area contributed by atoms with Crippen LogP contribution in [0.15, 0.2) is 57.7 Å². The Morgan fingerprint density at radius 1 is 1.15 bits per heavy atom. The second-order valence-corrected chi connectivity index (χ2v) is 7.02. The van der Waals surface area contributed by atoms with Gasteiger partial charge in [-0.05, 0) is 25.1 Å². The van der Waals surface area contributed by atoms with Gasteiger partial charge in [-0.2, -0.15) is 0 Å². The lowest BCUT2D eigenvalue weighted by Crippen LogP contribution is -2.41. The third-order valence-electron chi connectivity index (χ3n) is 5.46. The Bertz CT molecular complexity index is 1230. The minimum Gasteiger partial charge on any atom is -0.408 e. The zero-order chi connectivity index (χ0) is 18.5. The summed E-state index contributed by atoms with van der Waals surface area (Å²) < 4.78 is 6.74. The van der Waals surface area contributed by atoms with Crippen molar-refractivity contribution in [3.63, 3.8) is 0 Å². The summed E-state index contributed by atoms with van der Waals surface area (Å²) in [6, 6.07) is 14.7. The number of fused-ring (bicyclic) bond motifs is 4. The first kappa shape index (κ1) is 15.9. The monoisotopic (exact) mass is 361 g/mol. The molecule has 2 aromatic heterocycles. The van der Waals surface area contributed by atoms with Gasteiger partial charge in [0.25, 0.3) is 0 Å². The highest BCUT2D eigenvalue weighted by atomic mass is 16.4.